The van der Waals surface area contributed by atoms with Gasteiger partial charge in [0.2, 0.25) is 0 Å². The van der Waals surface area contributed by atoms with Crippen LogP contribution in [0.1, 0.15) is 67.9 Å². The van der Waals surface area contributed by atoms with Crippen molar-refractivity contribution in [1.29, 1.82) is 0 Å². The van der Waals surface area contributed by atoms with E-state index >= 15 is 0 Å². The van der Waals surface area contributed by atoms with Gasteiger partial charge in [-0.25, -0.2) is 8.78 Å². The summed E-state index contributed by atoms with van der Waals surface area (Å²) in [6.45, 7) is 6.93. The molecule has 196 valence electrons. The molecule has 0 heterocycles. The molecular weight excluding hydrogens is 470 g/mol. The van der Waals surface area contributed by atoms with Crippen LogP contribution >= 0.6 is 0 Å². The number of amides is 1. The van der Waals surface area contributed by atoms with Gasteiger partial charge in [0.05, 0.1) is 5.56 Å². The third-order valence-corrected chi connectivity index (χ3v) is 6.63. The highest BCUT2D eigenvalue weighted by Crippen LogP contribution is 2.28. The van der Waals surface area contributed by atoms with Crippen LogP contribution in [0.3, 0.4) is 0 Å². The first-order valence-corrected chi connectivity index (χ1v) is 12.8. The van der Waals surface area contributed by atoms with Crippen LogP contribution in [0.2, 0.25) is 0 Å². The Balaban J connectivity index is 1.61. The molecule has 3 aromatic carbocycles. The van der Waals surface area contributed by atoms with Crippen molar-refractivity contribution >= 4 is 11.6 Å². The van der Waals surface area contributed by atoms with Crippen LogP contribution in [0.4, 0.5) is 8.78 Å². The van der Waals surface area contributed by atoms with Crippen LogP contribution in [0.5, 0.6) is 11.5 Å². The predicted molar refractivity (Wildman–Crippen MR) is 145 cm³/mol. The van der Waals surface area contributed by atoms with E-state index in [0.29, 0.717) is 23.3 Å². The smallest absolute Gasteiger partial charge is 0.255 e. The second-order valence-corrected chi connectivity index (χ2v) is 9.36. The van der Waals surface area contributed by atoms with Gasteiger partial charge in [-0.1, -0.05) is 70.4 Å². The minimum atomic E-state index is -0.565. The Kier molecular flexibility index (Phi) is 10.2. The van der Waals surface area contributed by atoms with Crippen molar-refractivity contribution < 1.29 is 18.3 Å². The lowest BCUT2D eigenvalue weighted by Crippen LogP contribution is -2.23. The van der Waals surface area contributed by atoms with Gasteiger partial charge in [-0.3, -0.25) is 4.79 Å². The van der Waals surface area contributed by atoms with Gasteiger partial charge in [-0.15, -0.1) is 5.70 Å². The van der Waals surface area contributed by atoms with Crippen molar-refractivity contribution in [3.63, 3.8) is 0 Å². The Labute approximate surface area is 218 Å². The molecule has 0 bridgehead atoms. The van der Waals surface area contributed by atoms with Crippen LogP contribution in [0.15, 0.2) is 72.8 Å². The van der Waals surface area contributed by atoms with Crippen LogP contribution < -0.4 is 10.1 Å². The zero-order valence-electron chi connectivity index (χ0n) is 21.7. The van der Waals surface area contributed by atoms with Gasteiger partial charge in [0, 0.05) is 6.54 Å². The number of ether oxygens (including phenoxy) is 1. The van der Waals surface area contributed by atoms with Crippen molar-refractivity contribution in [2.75, 3.05) is 0 Å². The molecule has 3 aromatic rings. The second-order valence-electron chi connectivity index (χ2n) is 9.36. The van der Waals surface area contributed by atoms with E-state index in [2.05, 4.69) is 26.1 Å². The number of rotatable bonds is 12. The van der Waals surface area contributed by atoms with Crippen molar-refractivity contribution in [3.05, 3.63) is 107 Å². The monoisotopic (exact) mass is 505 g/mol. The molecule has 2 atom stereocenters. The first-order chi connectivity index (χ1) is 17.8. The summed E-state index contributed by atoms with van der Waals surface area (Å²) in [5.41, 5.74) is 10.6. The van der Waals surface area contributed by atoms with E-state index in [9.17, 15) is 13.6 Å². The number of nitrogens with one attached hydrogen (secondary N) is 2. The van der Waals surface area contributed by atoms with Gasteiger partial charge in [0.1, 0.15) is 23.1 Å². The van der Waals surface area contributed by atoms with E-state index in [4.69, 9.17) is 10.5 Å². The highest BCUT2D eigenvalue weighted by molar-refractivity contribution is 5.97. The number of hydrogen-bond acceptors (Lipinski definition) is 2. The highest BCUT2D eigenvalue weighted by atomic mass is 19.1. The number of hydrogen-bond donors (Lipinski definition) is 1. The molecule has 0 aliphatic carbocycles. The normalized spacial score (nSPS) is 13.2. The first-order valence-electron chi connectivity index (χ1n) is 12.8. The lowest BCUT2D eigenvalue weighted by molar-refractivity contribution is 0.0948. The van der Waals surface area contributed by atoms with Crippen molar-refractivity contribution in [1.82, 2.24) is 5.32 Å². The molecule has 0 saturated carbocycles. The largest absolute Gasteiger partial charge is 0.698 e. The van der Waals surface area contributed by atoms with Crippen LogP contribution in [0.25, 0.3) is 11.4 Å². The maximum Gasteiger partial charge on any atom is 0.255 e. The Hall–Kier alpha value is -3.67. The molecule has 0 aliphatic heterocycles. The summed E-state index contributed by atoms with van der Waals surface area (Å²) >= 11 is 0. The Morgan fingerprint density at radius 3 is 2.32 bits per heavy atom. The minimum absolute atomic E-state index is 0.0416. The van der Waals surface area contributed by atoms with Crippen molar-refractivity contribution in [2.45, 2.75) is 53.0 Å². The maximum absolute atomic E-state index is 13.9. The van der Waals surface area contributed by atoms with E-state index in [-0.39, 0.29) is 17.9 Å². The molecule has 6 heteroatoms. The number of carbonyl (C=O) groups excluding carboxylic acids is 1. The second kappa shape index (κ2) is 13.6. The maximum atomic E-state index is 13.9. The van der Waals surface area contributed by atoms with Crippen LogP contribution in [-0.4, -0.2) is 5.91 Å². The fourth-order valence-electron chi connectivity index (χ4n) is 4.35. The Bertz CT molecular complexity index is 1190. The molecule has 2 N–H and O–H groups in total. The summed E-state index contributed by atoms with van der Waals surface area (Å²) in [5.74, 6) is 0.262. The van der Waals surface area contributed by atoms with Gasteiger partial charge >= 0.3 is 0 Å². The predicted octanol–water partition coefficient (Wildman–Crippen LogP) is 8.93. The molecular formula is C31H35F2N2O2-. The molecule has 1 amide bonds. The van der Waals surface area contributed by atoms with Crippen LogP contribution in [-0.2, 0) is 6.54 Å². The third kappa shape index (κ3) is 8.17. The van der Waals surface area contributed by atoms with Crippen molar-refractivity contribution in [3.8, 4) is 11.5 Å². The summed E-state index contributed by atoms with van der Waals surface area (Å²) in [7, 11) is 0. The Morgan fingerprint density at radius 1 is 1.00 bits per heavy atom. The zero-order chi connectivity index (χ0) is 26.8. The molecule has 0 saturated heterocycles. The molecule has 0 fully saturated rings. The molecule has 37 heavy (non-hydrogen) atoms. The Morgan fingerprint density at radius 2 is 1.68 bits per heavy atom. The third-order valence-electron chi connectivity index (χ3n) is 6.63. The zero-order valence-corrected chi connectivity index (χ0v) is 21.7. The van der Waals surface area contributed by atoms with Gasteiger partial charge < -0.3 is 15.8 Å². The van der Waals surface area contributed by atoms with E-state index in [1.807, 2.05) is 30.3 Å². The van der Waals surface area contributed by atoms with Gasteiger partial charge in [-0.05, 0) is 71.8 Å². The average Bonchev–Trinajstić information content (AvgIpc) is 2.91. The number of halogens is 2. The van der Waals surface area contributed by atoms with Crippen LogP contribution in [0, 0.1) is 23.5 Å². The summed E-state index contributed by atoms with van der Waals surface area (Å²) in [5, 5.41) is 2.79. The number of carbonyl (C=O) groups is 1. The fourth-order valence-corrected chi connectivity index (χ4v) is 4.35. The molecule has 2 unspecified atom stereocenters. The van der Waals surface area contributed by atoms with E-state index in [1.54, 1.807) is 0 Å². The lowest BCUT2D eigenvalue weighted by atomic mass is 9.85. The average molecular weight is 506 g/mol. The van der Waals surface area contributed by atoms with Gasteiger partial charge in [0.15, 0.2) is 0 Å². The van der Waals surface area contributed by atoms with Crippen molar-refractivity contribution in [2.24, 2.45) is 11.8 Å². The summed E-state index contributed by atoms with van der Waals surface area (Å²) < 4.78 is 32.8. The molecule has 0 spiro atoms. The minimum Gasteiger partial charge on any atom is -0.698 e. The van der Waals surface area contributed by atoms with Gasteiger partial charge in [-0.2, -0.15) is 0 Å². The van der Waals surface area contributed by atoms with E-state index in [0.717, 1.165) is 30.0 Å². The molecule has 3 rings (SSSR count). The summed E-state index contributed by atoms with van der Waals surface area (Å²) in [6.07, 6.45) is 6.43. The first kappa shape index (κ1) is 27.9. The molecule has 0 aromatic heterocycles. The lowest BCUT2D eigenvalue weighted by Gasteiger charge is -2.22. The fraction of sp³-hybridized carbons (Fsp3) is 0.323. The van der Waals surface area contributed by atoms with E-state index in [1.165, 1.54) is 49.2 Å². The summed E-state index contributed by atoms with van der Waals surface area (Å²) in [4.78, 5) is 12.8. The topological polar surface area (TPSA) is 62.1 Å². The van der Waals surface area contributed by atoms with E-state index < -0.39 is 17.5 Å². The summed E-state index contributed by atoms with van der Waals surface area (Å²) in [6, 6.07) is 16.5. The SMILES string of the molecule is CCCC(CC)C(C)C/C=C(/[NH-])c1ccc(CNC(=O)c2cc(F)ccc2Oc2ccc(F)cc2)cc1. The van der Waals surface area contributed by atoms with Gasteiger partial charge in [0.25, 0.3) is 5.91 Å². The quantitative estimate of drug-likeness (QED) is 0.267. The number of allylic oxidation sites excluding steroid dienone is 1. The highest BCUT2D eigenvalue weighted by Gasteiger charge is 2.15. The standard InChI is InChI=1S/C31H35F2N2O2/c1-4-6-23(5-2)21(3)7-17-29(34)24-10-8-22(9-11-24)20-35-31(36)28-19-26(33)14-18-30(28)37-27-15-12-25(32)13-16-27/h8-19,21,23,34H,4-7,20H2,1-3H3,(H,35,36)/q-1/b29-17+. The molecule has 4 nitrogen and oxygen atoms in total. The number of benzene rings is 3. The molecule has 0 radical (unpaired) electrons. The molecule has 0 aliphatic rings.